The standard InChI is InChI=1S/C22H27N2O.ClH/c25-22-12-14-24(18-22)13-11-21(17-24)23(15-19-7-3-1-4-8-19)16-20-9-5-2-6-10-20;/h1-10,21H,11-18H2;1H/q+1;/p-1/t21-,24?;/m0./s1. The molecule has 2 fully saturated rings. The fourth-order valence-electron chi connectivity index (χ4n) is 4.54. The molecule has 0 aromatic heterocycles. The maximum atomic E-state index is 11.8. The second-order valence-electron chi connectivity index (χ2n) is 7.74. The summed E-state index contributed by atoms with van der Waals surface area (Å²) in [6.07, 6.45) is 1.98. The first kappa shape index (κ1) is 19.1. The van der Waals surface area contributed by atoms with Gasteiger partial charge in [0.05, 0.1) is 32.1 Å². The summed E-state index contributed by atoms with van der Waals surface area (Å²) >= 11 is 0. The lowest BCUT2D eigenvalue weighted by atomic mass is 10.1. The van der Waals surface area contributed by atoms with Gasteiger partial charge in [0.25, 0.3) is 0 Å². The Morgan fingerprint density at radius 1 is 0.885 bits per heavy atom. The van der Waals surface area contributed by atoms with Crippen molar-refractivity contribution in [1.82, 2.24) is 4.90 Å². The highest BCUT2D eigenvalue weighted by molar-refractivity contribution is 5.81. The molecule has 138 valence electrons. The van der Waals surface area contributed by atoms with Gasteiger partial charge in [0, 0.05) is 19.5 Å². The van der Waals surface area contributed by atoms with Gasteiger partial charge in [-0.3, -0.25) is 9.69 Å². The Kier molecular flexibility index (Phi) is 6.13. The molecule has 1 spiro atoms. The van der Waals surface area contributed by atoms with Gasteiger partial charge < -0.3 is 16.9 Å². The van der Waals surface area contributed by atoms with Gasteiger partial charge in [-0.25, -0.2) is 0 Å². The van der Waals surface area contributed by atoms with Crippen LogP contribution in [-0.4, -0.2) is 47.4 Å². The third kappa shape index (κ3) is 4.35. The van der Waals surface area contributed by atoms with Gasteiger partial charge in [-0.1, -0.05) is 60.7 Å². The molecule has 2 aliphatic heterocycles. The van der Waals surface area contributed by atoms with E-state index in [0.717, 1.165) is 50.2 Å². The second kappa shape index (κ2) is 8.34. The van der Waals surface area contributed by atoms with E-state index in [2.05, 4.69) is 65.6 Å². The first-order chi connectivity index (χ1) is 12.2. The molecule has 3 nitrogen and oxygen atoms in total. The predicted molar refractivity (Wildman–Crippen MR) is 99.9 cm³/mol. The predicted octanol–water partition coefficient (Wildman–Crippen LogP) is 0.255. The number of rotatable bonds is 5. The van der Waals surface area contributed by atoms with Gasteiger partial charge in [0.2, 0.25) is 0 Å². The third-order valence-corrected chi connectivity index (χ3v) is 5.88. The van der Waals surface area contributed by atoms with Crippen LogP contribution in [0.3, 0.4) is 0 Å². The van der Waals surface area contributed by atoms with Crippen LogP contribution in [-0.2, 0) is 17.9 Å². The summed E-state index contributed by atoms with van der Waals surface area (Å²) in [5, 5.41) is 0. The summed E-state index contributed by atoms with van der Waals surface area (Å²) in [4.78, 5) is 14.5. The van der Waals surface area contributed by atoms with Crippen molar-refractivity contribution < 1.29 is 21.7 Å². The Balaban J connectivity index is 0.00000196. The topological polar surface area (TPSA) is 20.3 Å². The van der Waals surface area contributed by atoms with Crippen molar-refractivity contribution in [2.75, 3.05) is 26.2 Å². The van der Waals surface area contributed by atoms with Crippen molar-refractivity contribution in [3.63, 3.8) is 0 Å². The number of quaternary nitrogens is 1. The average molecular weight is 371 g/mol. The highest BCUT2D eigenvalue weighted by Gasteiger charge is 2.45. The summed E-state index contributed by atoms with van der Waals surface area (Å²) < 4.78 is 1.03. The van der Waals surface area contributed by atoms with Gasteiger partial charge in [-0.05, 0) is 11.1 Å². The average Bonchev–Trinajstić information content (AvgIpc) is 3.22. The van der Waals surface area contributed by atoms with E-state index in [1.807, 2.05) is 0 Å². The normalized spacial score (nSPS) is 25.0. The van der Waals surface area contributed by atoms with Crippen molar-refractivity contribution >= 4 is 5.78 Å². The highest BCUT2D eigenvalue weighted by atomic mass is 35.5. The van der Waals surface area contributed by atoms with Crippen molar-refractivity contribution in [3.8, 4) is 0 Å². The molecule has 2 aromatic rings. The maximum Gasteiger partial charge on any atom is 0.192 e. The minimum Gasteiger partial charge on any atom is -1.00 e. The zero-order chi connectivity index (χ0) is 17.1. The van der Waals surface area contributed by atoms with Gasteiger partial charge in [0.15, 0.2) is 5.78 Å². The Morgan fingerprint density at radius 3 is 1.96 bits per heavy atom. The van der Waals surface area contributed by atoms with Crippen LogP contribution in [0.15, 0.2) is 60.7 Å². The molecule has 2 saturated heterocycles. The molecular formula is C22H27ClN2O. The van der Waals surface area contributed by atoms with Crippen LogP contribution in [0.4, 0.5) is 0 Å². The maximum absolute atomic E-state index is 11.8. The molecule has 4 rings (SSSR count). The van der Waals surface area contributed by atoms with Crippen LogP contribution >= 0.6 is 0 Å². The van der Waals surface area contributed by atoms with E-state index in [-0.39, 0.29) is 12.4 Å². The number of nitrogens with zero attached hydrogens (tertiary/aromatic N) is 2. The van der Waals surface area contributed by atoms with Crippen molar-refractivity contribution in [3.05, 3.63) is 71.8 Å². The lowest BCUT2D eigenvalue weighted by Crippen LogP contribution is -3.00. The number of Topliss-reactive ketones (excluding diaryl/α,β-unsaturated/α-hetero) is 1. The van der Waals surface area contributed by atoms with E-state index < -0.39 is 0 Å². The van der Waals surface area contributed by atoms with Crippen molar-refractivity contribution in [1.29, 1.82) is 0 Å². The molecule has 0 aliphatic carbocycles. The summed E-state index contributed by atoms with van der Waals surface area (Å²) in [6.45, 7) is 6.07. The van der Waals surface area contributed by atoms with E-state index in [1.54, 1.807) is 0 Å². The molecule has 4 heteroatoms. The molecule has 2 atom stereocenters. The first-order valence-electron chi connectivity index (χ1n) is 9.41. The van der Waals surface area contributed by atoms with Gasteiger partial charge in [0.1, 0.15) is 6.54 Å². The summed E-state index contributed by atoms with van der Waals surface area (Å²) in [5.41, 5.74) is 2.74. The molecule has 0 saturated carbocycles. The fourth-order valence-corrected chi connectivity index (χ4v) is 4.54. The molecule has 0 N–H and O–H groups in total. The lowest BCUT2D eigenvalue weighted by Gasteiger charge is -2.32. The second-order valence-corrected chi connectivity index (χ2v) is 7.74. The number of hydrogen-bond acceptors (Lipinski definition) is 2. The first-order valence-corrected chi connectivity index (χ1v) is 9.41. The molecule has 2 heterocycles. The number of hydrogen-bond donors (Lipinski definition) is 0. The smallest absolute Gasteiger partial charge is 0.192 e. The fraction of sp³-hybridized carbons (Fsp3) is 0.409. The summed E-state index contributed by atoms with van der Waals surface area (Å²) in [7, 11) is 0. The molecule has 1 unspecified atom stereocenters. The monoisotopic (exact) mass is 370 g/mol. The number of halogens is 1. The van der Waals surface area contributed by atoms with Crippen LogP contribution in [0, 0.1) is 0 Å². The molecule has 2 aromatic carbocycles. The van der Waals surface area contributed by atoms with Crippen LogP contribution in [0.2, 0.25) is 0 Å². The molecule has 0 amide bonds. The van der Waals surface area contributed by atoms with Gasteiger partial charge >= 0.3 is 0 Å². The molecule has 2 aliphatic rings. The quantitative estimate of drug-likeness (QED) is 0.703. The zero-order valence-corrected chi connectivity index (χ0v) is 15.9. The number of benzene rings is 2. The third-order valence-electron chi connectivity index (χ3n) is 5.88. The van der Waals surface area contributed by atoms with Crippen molar-refractivity contribution in [2.24, 2.45) is 0 Å². The van der Waals surface area contributed by atoms with Crippen LogP contribution in [0.1, 0.15) is 24.0 Å². The Bertz CT molecular complexity index is 680. The number of carbonyl (C=O) groups is 1. The SMILES string of the molecule is O=C1CC[N+]2(CC[C@H](N(Cc3ccccc3)Cc3ccccc3)C2)C1.[Cl-]. The Morgan fingerprint density at radius 2 is 1.46 bits per heavy atom. The molecule has 0 bridgehead atoms. The lowest BCUT2D eigenvalue weighted by molar-refractivity contribution is -0.902. The molecular weight excluding hydrogens is 344 g/mol. The zero-order valence-electron chi connectivity index (χ0n) is 15.2. The number of carbonyl (C=O) groups excluding carboxylic acids is 1. The van der Waals surface area contributed by atoms with E-state index >= 15 is 0 Å². The van der Waals surface area contributed by atoms with Crippen LogP contribution < -0.4 is 12.4 Å². The largest absolute Gasteiger partial charge is 1.00 e. The van der Waals surface area contributed by atoms with E-state index in [9.17, 15) is 4.79 Å². The Hall–Kier alpha value is -1.68. The number of ketones is 1. The van der Waals surface area contributed by atoms with Gasteiger partial charge in [-0.2, -0.15) is 0 Å². The summed E-state index contributed by atoms with van der Waals surface area (Å²) in [6, 6.07) is 22.1. The molecule has 0 radical (unpaired) electrons. The minimum absolute atomic E-state index is 0. The van der Waals surface area contributed by atoms with Gasteiger partial charge in [-0.15, -0.1) is 0 Å². The Labute approximate surface area is 162 Å². The highest BCUT2D eigenvalue weighted by Crippen LogP contribution is 2.29. The molecule has 26 heavy (non-hydrogen) atoms. The van der Waals surface area contributed by atoms with Crippen LogP contribution in [0.5, 0.6) is 0 Å². The van der Waals surface area contributed by atoms with Crippen LogP contribution in [0.25, 0.3) is 0 Å². The van der Waals surface area contributed by atoms with E-state index in [0.29, 0.717) is 11.8 Å². The van der Waals surface area contributed by atoms with E-state index in [1.165, 1.54) is 17.5 Å². The summed E-state index contributed by atoms with van der Waals surface area (Å²) in [5.74, 6) is 0.457. The van der Waals surface area contributed by atoms with Crippen molar-refractivity contribution in [2.45, 2.75) is 32.0 Å². The minimum atomic E-state index is 0. The van der Waals surface area contributed by atoms with E-state index in [4.69, 9.17) is 0 Å².